The third kappa shape index (κ3) is 3.43. The summed E-state index contributed by atoms with van der Waals surface area (Å²) in [6, 6.07) is 5.97. The molecule has 0 aromatic carbocycles. The Hall–Kier alpha value is -1.13. The number of likely N-dealkylation sites (N-methyl/N-ethyl adjacent to an activating group) is 1. The van der Waals surface area contributed by atoms with E-state index in [1.165, 1.54) is 19.4 Å². The first-order valence-electron chi connectivity index (χ1n) is 6.91. The lowest BCUT2D eigenvalue weighted by atomic mass is 10.2. The van der Waals surface area contributed by atoms with E-state index in [1.807, 2.05) is 12.3 Å². The summed E-state index contributed by atoms with van der Waals surface area (Å²) in [5, 5.41) is 3.47. The highest BCUT2D eigenvalue weighted by molar-refractivity contribution is 4.93. The second-order valence-electron chi connectivity index (χ2n) is 4.86. The molecule has 2 rings (SSSR count). The van der Waals surface area contributed by atoms with Crippen LogP contribution in [-0.4, -0.2) is 41.7 Å². The molecule has 0 radical (unpaired) electrons. The largest absolute Gasteiger partial charge is 0.314 e. The molecule has 4 heteroatoms. The van der Waals surface area contributed by atoms with E-state index in [0.29, 0.717) is 6.04 Å². The molecule has 2 heterocycles. The van der Waals surface area contributed by atoms with E-state index in [2.05, 4.69) is 17.1 Å². The van der Waals surface area contributed by atoms with Crippen LogP contribution in [0.3, 0.4) is 0 Å². The Morgan fingerprint density at radius 2 is 2.33 bits per heavy atom. The maximum absolute atomic E-state index is 11.5. The van der Waals surface area contributed by atoms with Crippen molar-refractivity contribution in [2.45, 2.75) is 32.4 Å². The molecule has 0 aliphatic carbocycles. The summed E-state index contributed by atoms with van der Waals surface area (Å²) in [6.45, 7) is 7.25. The van der Waals surface area contributed by atoms with Crippen LogP contribution < -0.4 is 10.9 Å². The fourth-order valence-electron chi connectivity index (χ4n) is 2.66. The maximum Gasteiger partial charge on any atom is 0.250 e. The second kappa shape index (κ2) is 6.71. The Bertz CT molecular complexity index is 416. The quantitative estimate of drug-likeness (QED) is 0.762. The first-order chi connectivity index (χ1) is 8.81. The van der Waals surface area contributed by atoms with E-state index < -0.39 is 0 Å². The number of likely N-dealkylation sites (tertiary alicyclic amines) is 1. The lowest BCUT2D eigenvalue weighted by Gasteiger charge is -2.23. The van der Waals surface area contributed by atoms with Gasteiger partial charge in [-0.25, -0.2) is 0 Å². The van der Waals surface area contributed by atoms with Crippen molar-refractivity contribution in [3.05, 3.63) is 34.7 Å². The SMILES string of the molecule is CCN1CCCC1CNCCn1ccccc1=O. The van der Waals surface area contributed by atoms with Crippen molar-refractivity contribution in [2.75, 3.05) is 26.2 Å². The average Bonchev–Trinajstić information content (AvgIpc) is 2.84. The number of hydrogen-bond donors (Lipinski definition) is 1. The number of hydrogen-bond acceptors (Lipinski definition) is 3. The van der Waals surface area contributed by atoms with Gasteiger partial charge in [-0.05, 0) is 32.0 Å². The first-order valence-corrected chi connectivity index (χ1v) is 6.91. The molecular weight excluding hydrogens is 226 g/mol. The molecule has 4 nitrogen and oxygen atoms in total. The Balaban J connectivity index is 1.70. The molecule has 1 fully saturated rings. The minimum Gasteiger partial charge on any atom is -0.314 e. The normalized spacial score (nSPS) is 20.4. The van der Waals surface area contributed by atoms with Gasteiger partial charge in [0.25, 0.3) is 5.56 Å². The average molecular weight is 249 g/mol. The van der Waals surface area contributed by atoms with Gasteiger partial charge in [-0.2, -0.15) is 0 Å². The van der Waals surface area contributed by atoms with Gasteiger partial charge in [0.2, 0.25) is 0 Å². The van der Waals surface area contributed by atoms with Crippen LogP contribution in [0.5, 0.6) is 0 Å². The summed E-state index contributed by atoms with van der Waals surface area (Å²) in [7, 11) is 0. The molecule has 0 saturated carbocycles. The van der Waals surface area contributed by atoms with Crippen molar-refractivity contribution in [3.8, 4) is 0 Å². The molecule has 1 aromatic rings. The van der Waals surface area contributed by atoms with E-state index >= 15 is 0 Å². The molecular formula is C14H23N3O. The van der Waals surface area contributed by atoms with Crippen LogP contribution in [0.2, 0.25) is 0 Å². The van der Waals surface area contributed by atoms with Crippen molar-refractivity contribution in [3.63, 3.8) is 0 Å². The number of aromatic nitrogens is 1. The van der Waals surface area contributed by atoms with Crippen LogP contribution in [0.25, 0.3) is 0 Å². The molecule has 0 bridgehead atoms. The molecule has 1 unspecified atom stereocenters. The molecule has 1 aliphatic heterocycles. The lowest BCUT2D eigenvalue weighted by molar-refractivity contribution is 0.259. The summed E-state index contributed by atoms with van der Waals surface area (Å²) in [6.07, 6.45) is 4.46. The minimum atomic E-state index is 0.0790. The van der Waals surface area contributed by atoms with E-state index in [-0.39, 0.29) is 5.56 Å². The van der Waals surface area contributed by atoms with Gasteiger partial charge < -0.3 is 9.88 Å². The summed E-state index contributed by atoms with van der Waals surface area (Å²) in [5.41, 5.74) is 0.0790. The Kier molecular flexibility index (Phi) is 4.96. The summed E-state index contributed by atoms with van der Waals surface area (Å²) >= 11 is 0. The van der Waals surface area contributed by atoms with Crippen LogP contribution in [0, 0.1) is 0 Å². The highest BCUT2D eigenvalue weighted by Gasteiger charge is 2.21. The fourth-order valence-corrected chi connectivity index (χ4v) is 2.66. The number of pyridine rings is 1. The van der Waals surface area contributed by atoms with E-state index in [1.54, 1.807) is 16.7 Å². The summed E-state index contributed by atoms with van der Waals surface area (Å²) in [5.74, 6) is 0. The van der Waals surface area contributed by atoms with Crippen molar-refractivity contribution < 1.29 is 0 Å². The van der Waals surface area contributed by atoms with Crippen LogP contribution in [0.1, 0.15) is 19.8 Å². The third-order valence-electron chi connectivity index (χ3n) is 3.71. The van der Waals surface area contributed by atoms with Gasteiger partial charge in [0.1, 0.15) is 0 Å². The summed E-state index contributed by atoms with van der Waals surface area (Å²) in [4.78, 5) is 14.0. The van der Waals surface area contributed by atoms with Gasteiger partial charge in [0.05, 0.1) is 0 Å². The zero-order valence-corrected chi connectivity index (χ0v) is 11.1. The molecule has 0 spiro atoms. The zero-order chi connectivity index (χ0) is 12.8. The topological polar surface area (TPSA) is 37.3 Å². The van der Waals surface area contributed by atoms with E-state index in [0.717, 1.165) is 26.2 Å². The first kappa shape index (κ1) is 13.3. The highest BCUT2D eigenvalue weighted by atomic mass is 16.1. The minimum absolute atomic E-state index is 0.0790. The molecule has 0 amide bonds. The monoisotopic (exact) mass is 249 g/mol. The predicted octanol–water partition coefficient (Wildman–Crippen LogP) is 0.922. The molecule has 1 N–H and O–H groups in total. The van der Waals surface area contributed by atoms with Crippen molar-refractivity contribution in [1.29, 1.82) is 0 Å². The van der Waals surface area contributed by atoms with Gasteiger partial charge >= 0.3 is 0 Å². The fraction of sp³-hybridized carbons (Fsp3) is 0.643. The number of rotatable bonds is 6. The number of nitrogens with one attached hydrogen (secondary N) is 1. The summed E-state index contributed by atoms with van der Waals surface area (Å²) < 4.78 is 1.75. The smallest absolute Gasteiger partial charge is 0.250 e. The van der Waals surface area contributed by atoms with Gasteiger partial charge in [-0.1, -0.05) is 13.0 Å². The standard InChI is InChI=1S/C14H23N3O/c1-2-16-10-5-6-13(16)12-15-8-11-17-9-4-3-7-14(17)18/h3-4,7,9,13,15H,2,5-6,8,10-12H2,1H3. The van der Waals surface area contributed by atoms with Crippen LogP contribution in [-0.2, 0) is 6.54 Å². The van der Waals surface area contributed by atoms with Gasteiger partial charge in [0, 0.05) is 37.9 Å². The Labute approximate surface area is 109 Å². The zero-order valence-electron chi connectivity index (χ0n) is 11.1. The number of nitrogens with zero attached hydrogens (tertiary/aromatic N) is 2. The van der Waals surface area contributed by atoms with Crippen molar-refractivity contribution >= 4 is 0 Å². The van der Waals surface area contributed by atoms with Crippen LogP contribution in [0.15, 0.2) is 29.2 Å². The van der Waals surface area contributed by atoms with E-state index in [9.17, 15) is 4.79 Å². The molecule has 1 aliphatic rings. The Morgan fingerprint density at radius 3 is 3.11 bits per heavy atom. The molecule has 18 heavy (non-hydrogen) atoms. The predicted molar refractivity (Wildman–Crippen MR) is 73.8 cm³/mol. The molecule has 1 saturated heterocycles. The second-order valence-corrected chi connectivity index (χ2v) is 4.86. The molecule has 100 valence electrons. The third-order valence-corrected chi connectivity index (χ3v) is 3.71. The van der Waals surface area contributed by atoms with Crippen molar-refractivity contribution in [1.82, 2.24) is 14.8 Å². The van der Waals surface area contributed by atoms with Gasteiger partial charge in [-0.15, -0.1) is 0 Å². The maximum atomic E-state index is 11.5. The lowest BCUT2D eigenvalue weighted by Crippen LogP contribution is -2.39. The van der Waals surface area contributed by atoms with E-state index in [4.69, 9.17) is 0 Å². The van der Waals surface area contributed by atoms with Gasteiger partial charge in [0.15, 0.2) is 0 Å². The van der Waals surface area contributed by atoms with Crippen LogP contribution >= 0.6 is 0 Å². The van der Waals surface area contributed by atoms with Gasteiger partial charge in [-0.3, -0.25) is 9.69 Å². The van der Waals surface area contributed by atoms with Crippen molar-refractivity contribution in [2.24, 2.45) is 0 Å². The van der Waals surface area contributed by atoms with Crippen LogP contribution in [0.4, 0.5) is 0 Å². The highest BCUT2D eigenvalue weighted by Crippen LogP contribution is 2.15. The molecule has 1 atom stereocenters. The molecule has 1 aromatic heterocycles. The Morgan fingerprint density at radius 1 is 1.44 bits per heavy atom.